The predicted octanol–water partition coefficient (Wildman–Crippen LogP) is 3.72. The molecule has 4 rings (SSSR count). The van der Waals surface area contributed by atoms with Gasteiger partial charge >= 0.3 is 11.9 Å². The summed E-state index contributed by atoms with van der Waals surface area (Å²) in [6, 6.07) is 37.1. The normalized spacial score (nSPS) is 10.7. The minimum absolute atomic E-state index is 0.183. The molecule has 55 heavy (non-hydrogen) atoms. The van der Waals surface area contributed by atoms with Gasteiger partial charge in [-0.05, 0) is 46.6 Å². The molecule has 4 amide bonds. The number of nitrogens with one attached hydrogen (secondary N) is 4. The van der Waals surface area contributed by atoms with Crippen LogP contribution in [-0.4, -0.2) is 86.5 Å². The average molecular weight is 767 g/mol. The van der Waals surface area contributed by atoms with E-state index < -0.39 is 35.6 Å². The number of thioether (sulfide) groups is 1. The zero-order chi connectivity index (χ0) is 39.1. The second-order valence-electron chi connectivity index (χ2n) is 12.3. The van der Waals surface area contributed by atoms with Gasteiger partial charge in [-0.1, -0.05) is 121 Å². The van der Waals surface area contributed by atoms with Gasteiger partial charge in [-0.3, -0.25) is 28.8 Å². The third kappa shape index (κ3) is 15.1. The van der Waals surface area contributed by atoms with Crippen LogP contribution in [0.3, 0.4) is 0 Å². The number of esters is 2. The molecule has 0 fully saturated rings. The largest absolute Gasteiger partial charge is 0.464 e. The molecule has 12 nitrogen and oxygen atoms in total. The van der Waals surface area contributed by atoms with Crippen molar-refractivity contribution < 1.29 is 38.2 Å². The fourth-order valence-corrected chi connectivity index (χ4v) is 6.32. The summed E-state index contributed by atoms with van der Waals surface area (Å²) in [6.07, 6.45) is 1.20. The maximum absolute atomic E-state index is 13.0. The molecular formula is C42H46N4O8S. The molecule has 0 atom stereocenters. The molecule has 4 N–H and O–H groups in total. The Balaban J connectivity index is 0.991. The lowest BCUT2D eigenvalue weighted by Crippen LogP contribution is -2.41. The van der Waals surface area contributed by atoms with E-state index in [1.165, 1.54) is 0 Å². The fourth-order valence-electron chi connectivity index (χ4n) is 5.48. The van der Waals surface area contributed by atoms with Gasteiger partial charge in [-0.25, -0.2) is 0 Å². The lowest BCUT2D eigenvalue weighted by Gasteiger charge is -2.17. The number of carbonyl (C=O) groups is 6. The van der Waals surface area contributed by atoms with Crippen LogP contribution in [0.15, 0.2) is 121 Å². The zero-order valence-electron chi connectivity index (χ0n) is 30.4. The highest BCUT2D eigenvalue weighted by Crippen LogP contribution is 2.25. The molecule has 0 unspecified atom stereocenters. The van der Waals surface area contributed by atoms with Crippen molar-refractivity contribution in [2.75, 3.05) is 50.9 Å². The van der Waals surface area contributed by atoms with Crippen molar-refractivity contribution in [3.63, 3.8) is 0 Å². The Kier molecular flexibility index (Phi) is 18.0. The molecule has 288 valence electrons. The van der Waals surface area contributed by atoms with Crippen LogP contribution >= 0.6 is 11.8 Å². The number of hydrogen-bond donors (Lipinski definition) is 4. The minimum atomic E-state index is -0.582. The fraction of sp³-hybridized carbons (Fsp3) is 0.286. The summed E-state index contributed by atoms with van der Waals surface area (Å²) in [7, 11) is 0. The van der Waals surface area contributed by atoms with Gasteiger partial charge in [0.25, 0.3) is 0 Å². The van der Waals surface area contributed by atoms with Gasteiger partial charge in [0.15, 0.2) is 0 Å². The van der Waals surface area contributed by atoms with Gasteiger partial charge in [0.1, 0.15) is 13.1 Å². The van der Waals surface area contributed by atoms with E-state index in [0.717, 1.165) is 22.3 Å². The summed E-state index contributed by atoms with van der Waals surface area (Å²) in [5, 5.41) is 10.2. The molecule has 0 aliphatic heterocycles. The van der Waals surface area contributed by atoms with Crippen LogP contribution < -0.4 is 21.3 Å². The second-order valence-corrected chi connectivity index (χ2v) is 13.5. The molecule has 4 aromatic rings. The third-order valence-corrected chi connectivity index (χ3v) is 9.31. The summed E-state index contributed by atoms with van der Waals surface area (Å²) >= 11 is 1.61. The quantitative estimate of drug-likeness (QED) is 0.0689. The summed E-state index contributed by atoms with van der Waals surface area (Å²) < 4.78 is 10.4. The molecule has 0 aliphatic rings. The number of carbonyl (C=O) groups excluding carboxylic acids is 6. The Morgan fingerprint density at radius 3 is 1.05 bits per heavy atom. The Bertz CT molecular complexity index is 1600. The molecule has 0 spiro atoms. The van der Waals surface area contributed by atoms with E-state index in [1.807, 2.05) is 121 Å². The summed E-state index contributed by atoms with van der Waals surface area (Å²) in [5.41, 5.74) is 3.19. The number of benzene rings is 4. The third-order valence-electron chi connectivity index (χ3n) is 8.15. The van der Waals surface area contributed by atoms with Crippen LogP contribution in [0.1, 0.15) is 46.9 Å². The summed E-state index contributed by atoms with van der Waals surface area (Å²) in [5.74, 6) is -2.59. The Labute approximate surface area is 325 Å². The Morgan fingerprint density at radius 1 is 0.436 bits per heavy atom. The average Bonchev–Trinajstić information content (AvgIpc) is 3.21. The van der Waals surface area contributed by atoms with E-state index in [2.05, 4.69) is 21.3 Å². The van der Waals surface area contributed by atoms with E-state index in [4.69, 9.17) is 9.47 Å². The van der Waals surface area contributed by atoms with Crippen molar-refractivity contribution in [1.29, 1.82) is 0 Å². The van der Waals surface area contributed by atoms with Crippen molar-refractivity contribution >= 4 is 47.3 Å². The molecule has 0 saturated carbocycles. The Morgan fingerprint density at radius 2 is 0.745 bits per heavy atom. The van der Waals surface area contributed by atoms with E-state index in [9.17, 15) is 28.8 Å². The van der Waals surface area contributed by atoms with Crippen LogP contribution in [0.4, 0.5) is 0 Å². The SMILES string of the molecule is O=C(CNC(=O)C(c1ccccc1)c1ccccc1)NCC(=O)OCCCSCCCOC(=O)CNC(=O)CNC(=O)C(c1ccccc1)c1ccccc1. The highest BCUT2D eigenvalue weighted by Gasteiger charge is 2.24. The molecule has 0 radical (unpaired) electrons. The smallest absolute Gasteiger partial charge is 0.325 e. The van der Waals surface area contributed by atoms with Gasteiger partial charge in [-0.2, -0.15) is 11.8 Å². The first-order chi connectivity index (χ1) is 26.8. The van der Waals surface area contributed by atoms with Crippen molar-refractivity contribution in [2.45, 2.75) is 24.7 Å². The predicted molar refractivity (Wildman–Crippen MR) is 210 cm³/mol. The molecule has 0 heterocycles. The van der Waals surface area contributed by atoms with E-state index in [0.29, 0.717) is 24.3 Å². The standard InChI is InChI=1S/C42H46N4O8S/c47-35(27-45-41(51)39(31-15-5-1-6-16-31)32-17-7-2-8-18-32)43-29-37(49)53-23-13-25-55-26-14-24-54-38(50)30-44-36(48)28-46-42(52)40(33-19-9-3-10-20-33)34-21-11-4-12-22-34/h1-12,15-22,39-40H,13-14,23-30H2,(H,43,47)(H,44,48)(H,45,51)(H,46,52). The molecule has 0 aromatic heterocycles. The number of hydrogen-bond acceptors (Lipinski definition) is 9. The van der Waals surface area contributed by atoms with Crippen molar-refractivity contribution in [1.82, 2.24) is 21.3 Å². The van der Waals surface area contributed by atoms with Gasteiger partial charge in [0.2, 0.25) is 23.6 Å². The second kappa shape index (κ2) is 23.7. The van der Waals surface area contributed by atoms with Crippen molar-refractivity contribution in [3.8, 4) is 0 Å². The van der Waals surface area contributed by atoms with Crippen LogP contribution in [0.2, 0.25) is 0 Å². The van der Waals surface area contributed by atoms with Crippen molar-refractivity contribution in [2.24, 2.45) is 0 Å². The zero-order valence-corrected chi connectivity index (χ0v) is 31.3. The van der Waals surface area contributed by atoms with Gasteiger partial charge in [0.05, 0.1) is 38.1 Å². The maximum Gasteiger partial charge on any atom is 0.325 e. The lowest BCUT2D eigenvalue weighted by atomic mass is 9.90. The van der Waals surface area contributed by atoms with Crippen LogP contribution in [0.25, 0.3) is 0 Å². The van der Waals surface area contributed by atoms with E-state index in [1.54, 1.807) is 11.8 Å². The first-order valence-corrected chi connectivity index (χ1v) is 19.1. The van der Waals surface area contributed by atoms with Crippen LogP contribution in [-0.2, 0) is 38.2 Å². The number of ether oxygens (including phenoxy) is 2. The summed E-state index contributed by atoms with van der Waals surface area (Å²) in [6.45, 7) is -0.828. The number of amides is 4. The van der Waals surface area contributed by atoms with Gasteiger partial charge in [0, 0.05) is 0 Å². The van der Waals surface area contributed by atoms with Crippen molar-refractivity contribution in [3.05, 3.63) is 144 Å². The molecule has 0 aliphatic carbocycles. The molecule has 13 heteroatoms. The topological polar surface area (TPSA) is 169 Å². The number of rotatable bonds is 22. The molecular weight excluding hydrogens is 721 g/mol. The van der Waals surface area contributed by atoms with Gasteiger partial charge < -0.3 is 30.7 Å². The van der Waals surface area contributed by atoms with E-state index >= 15 is 0 Å². The molecule has 0 saturated heterocycles. The molecule has 0 bridgehead atoms. The van der Waals surface area contributed by atoms with E-state index in [-0.39, 0.29) is 51.2 Å². The first kappa shape index (κ1) is 41.8. The molecule has 4 aromatic carbocycles. The highest BCUT2D eigenvalue weighted by atomic mass is 32.2. The highest BCUT2D eigenvalue weighted by molar-refractivity contribution is 7.99. The monoisotopic (exact) mass is 766 g/mol. The van der Waals surface area contributed by atoms with Crippen LogP contribution in [0, 0.1) is 0 Å². The minimum Gasteiger partial charge on any atom is -0.464 e. The Hall–Kier alpha value is -5.95. The van der Waals surface area contributed by atoms with Gasteiger partial charge in [-0.15, -0.1) is 0 Å². The summed E-state index contributed by atoms with van der Waals surface area (Å²) in [4.78, 5) is 74.8. The maximum atomic E-state index is 13.0. The first-order valence-electron chi connectivity index (χ1n) is 18.0. The lowest BCUT2D eigenvalue weighted by molar-refractivity contribution is -0.144. The van der Waals surface area contributed by atoms with Crippen LogP contribution in [0.5, 0.6) is 0 Å².